The van der Waals surface area contributed by atoms with Crippen LogP contribution in [0.2, 0.25) is 0 Å². The van der Waals surface area contributed by atoms with Gasteiger partial charge in [-0.25, -0.2) is 0 Å². The van der Waals surface area contributed by atoms with Crippen LogP contribution in [0.15, 0.2) is 16.6 Å². The summed E-state index contributed by atoms with van der Waals surface area (Å²) in [5.41, 5.74) is 2.54. The number of ether oxygens (including phenoxy) is 1. The van der Waals surface area contributed by atoms with E-state index in [0.29, 0.717) is 6.04 Å². The number of halogens is 1. The van der Waals surface area contributed by atoms with Crippen LogP contribution in [-0.2, 0) is 0 Å². The molecule has 14 heavy (non-hydrogen) atoms. The zero-order valence-electron chi connectivity index (χ0n) is 8.43. The van der Waals surface area contributed by atoms with Crippen LogP contribution in [0.3, 0.4) is 0 Å². The predicted molar refractivity (Wildman–Crippen MR) is 60.8 cm³/mol. The van der Waals surface area contributed by atoms with Crippen molar-refractivity contribution in [3.8, 4) is 5.75 Å². The fraction of sp³-hybridized carbons (Fsp3) is 0.455. The minimum Gasteiger partial charge on any atom is -0.490 e. The second-order valence-corrected chi connectivity index (χ2v) is 4.44. The van der Waals surface area contributed by atoms with Crippen LogP contribution in [0.4, 0.5) is 0 Å². The third-order valence-corrected chi connectivity index (χ3v) is 3.03. The van der Waals surface area contributed by atoms with Crippen molar-refractivity contribution in [2.24, 2.45) is 0 Å². The van der Waals surface area contributed by atoms with Gasteiger partial charge in [0.05, 0.1) is 10.5 Å². The number of rotatable bonds is 2. The first-order valence-corrected chi connectivity index (χ1v) is 5.68. The van der Waals surface area contributed by atoms with Crippen LogP contribution in [-0.4, -0.2) is 13.2 Å². The topological polar surface area (TPSA) is 21.3 Å². The standard InChI is InChI=1S/C11H14BrNO/c1-3-13-10-6-14-11-8(10)4-7(2)5-9(11)12/h4-5,10,13H,3,6H2,1-2H3. The van der Waals surface area contributed by atoms with Gasteiger partial charge < -0.3 is 10.1 Å². The fourth-order valence-electron chi connectivity index (χ4n) is 1.84. The first-order valence-electron chi connectivity index (χ1n) is 4.88. The van der Waals surface area contributed by atoms with Crippen molar-refractivity contribution >= 4 is 15.9 Å². The smallest absolute Gasteiger partial charge is 0.138 e. The molecule has 1 unspecified atom stereocenters. The SMILES string of the molecule is CCNC1COc2c(Br)cc(C)cc21. The predicted octanol–water partition coefficient (Wildman–Crippen LogP) is 2.80. The van der Waals surface area contributed by atoms with Gasteiger partial charge in [-0.2, -0.15) is 0 Å². The number of fused-ring (bicyclic) bond motifs is 1. The monoisotopic (exact) mass is 255 g/mol. The van der Waals surface area contributed by atoms with E-state index in [2.05, 4.69) is 47.2 Å². The Morgan fingerprint density at radius 2 is 2.36 bits per heavy atom. The Balaban J connectivity index is 2.38. The lowest BCUT2D eigenvalue weighted by Crippen LogP contribution is -2.21. The summed E-state index contributed by atoms with van der Waals surface area (Å²) in [5.74, 6) is 1.00. The number of likely N-dealkylation sites (N-methyl/N-ethyl adjacent to an activating group) is 1. The summed E-state index contributed by atoms with van der Waals surface area (Å²) in [4.78, 5) is 0. The number of nitrogens with one attached hydrogen (secondary N) is 1. The zero-order valence-corrected chi connectivity index (χ0v) is 10.0. The maximum atomic E-state index is 5.64. The molecule has 1 aromatic rings. The van der Waals surface area contributed by atoms with E-state index in [0.717, 1.165) is 23.4 Å². The highest BCUT2D eigenvalue weighted by Gasteiger charge is 2.25. The lowest BCUT2D eigenvalue weighted by molar-refractivity contribution is 0.312. The summed E-state index contributed by atoms with van der Waals surface area (Å²) in [6.07, 6.45) is 0. The Labute approximate surface area is 92.8 Å². The summed E-state index contributed by atoms with van der Waals surface area (Å²) in [6.45, 7) is 5.93. The molecule has 0 saturated heterocycles. The number of hydrogen-bond donors (Lipinski definition) is 1. The molecular weight excluding hydrogens is 242 g/mol. The summed E-state index contributed by atoms with van der Waals surface area (Å²) >= 11 is 3.52. The molecule has 1 atom stereocenters. The van der Waals surface area contributed by atoms with Crippen molar-refractivity contribution in [3.05, 3.63) is 27.7 Å². The Hall–Kier alpha value is -0.540. The summed E-state index contributed by atoms with van der Waals surface area (Å²) in [6, 6.07) is 4.64. The molecule has 0 radical (unpaired) electrons. The van der Waals surface area contributed by atoms with E-state index in [-0.39, 0.29) is 0 Å². The molecule has 0 amide bonds. The Bertz CT molecular complexity index is 351. The van der Waals surface area contributed by atoms with Gasteiger partial charge in [-0.1, -0.05) is 13.0 Å². The molecule has 2 nitrogen and oxygen atoms in total. The lowest BCUT2D eigenvalue weighted by Gasteiger charge is -2.09. The van der Waals surface area contributed by atoms with Crippen LogP contribution in [0, 0.1) is 6.92 Å². The van der Waals surface area contributed by atoms with Crippen LogP contribution >= 0.6 is 15.9 Å². The van der Waals surface area contributed by atoms with Crippen molar-refractivity contribution in [3.63, 3.8) is 0 Å². The van der Waals surface area contributed by atoms with Gasteiger partial charge in [0.15, 0.2) is 0 Å². The average Bonchev–Trinajstić information content (AvgIpc) is 2.49. The second-order valence-electron chi connectivity index (χ2n) is 3.59. The van der Waals surface area contributed by atoms with Gasteiger partial charge in [0.1, 0.15) is 12.4 Å². The maximum absolute atomic E-state index is 5.64. The van der Waals surface area contributed by atoms with Gasteiger partial charge >= 0.3 is 0 Å². The van der Waals surface area contributed by atoms with Gasteiger partial charge in [0, 0.05) is 5.56 Å². The third-order valence-electron chi connectivity index (χ3n) is 2.44. The van der Waals surface area contributed by atoms with Gasteiger partial charge in [-0.15, -0.1) is 0 Å². The van der Waals surface area contributed by atoms with Crippen LogP contribution in [0.5, 0.6) is 5.75 Å². The van der Waals surface area contributed by atoms with Gasteiger partial charge in [-0.05, 0) is 41.0 Å². The molecule has 3 heteroatoms. The van der Waals surface area contributed by atoms with Gasteiger partial charge in [-0.3, -0.25) is 0 Å². The largest absolute Gasteiger partial charge is 0.490 e. The molecule has 1 aliphatic heterocycles. The molecule has 0 aliphatic carbocycles. The van der Waals surface area contributed by atoms with Gasteiger partial charge in [0.2, 0.25) is 0 Å². The van der Waals surface area contributed by atoms with Crippen LogP contribution < -0.4 is 10.1 Å². The van der Waals surface area contributed by atoms with Crippen molar-refractivity contribution < 1.29 is 4.74 Å². The highest BCUT2D eigenvalue weighted by atomic mass is 79.9. The summed E-state index contributed by atoms with van der Waals surface area (Å²) < 4.78 is 6.70. The lowest BCUT2D eigenvalue weighted by atomic mass is 10.1. The van der Waals surface area contributed by atoms with E-state index >= 15 is 0 Å². The molecule has 0 saturated carbocycles. The highest BCUT2D eigenvalue weighted by Crippen LogP contribution is 2.39. The molecule has 1 aliphatic rings. The zero-order chi connectivity index (χ0) is 10.1. The minimum atomic E-state index is 0.353. The van der Waals surface area contributed by atoms with Crippen LogP contribution in [0.1, 0.15) is 24.1 Å². The third kappa shape index (κ3) is 1.66. The molecule has 0 bridgehead atoms. The summed E-state index contributed by atoms with van der Waals surface area (Å²) in [5, 5.41) is 3.41. The Kier molecular flexibility index (Phi) is 2.79. The fourth-order valence-corrected chi connectivity index (χ4v) is 2.54. The van der Waals surface area contributed by atoms with Crippen molar-refractivity contribution in [1.82, 2.24) is 5.32 Å². The number of benzene rings is 1. The van der Waals surface area contributed by atoms with Crippen molar-refractivity contribution in [2.75, 3.05) is 13.2 Å². The Morgan fingerprint density at radius 3 is 3.07 bits per heavy atom. The van der Waals surface area contributed by atoms with Gasteiger partial charge in [0.25, 0.3) is 0 Å². The first-order chi connectivity index (χ1) is 6.72. The van der Waals surface area contributed by atoms with E-state index in [1.165, 1.54) is 11.1 Å². The molecule has 1 N–H and O–H groups in total. The van der Waals surface area contributed by atoms with E-state index in [4.69, 9.17) is 4.74 Å². The van der Waals surface area contributed by atoms with E-state index in [1.54, 1.807) is 0 Å². The molecule has 0 aromatic heterocycles. The number of hydrogen-bond acceptors (Lipinski definition) is 2. The van der Waals surface area contributed by atoms with E-state index < -0.39 is 0 Å². The van der Waals surface area contributed by atoms with E-state index in [1.807, 2.05) is 0 Å². The molecule has 1 aromatic carbocycles. The average molecular weight is 256 g/mol. The number of aryl methyl sites for hydroxylation is 1. The molecule has 2 rings (SSSR count). The van der Waals surface area contributed by atoms with Crippen LogP contribution in [0.25, 0.3) is 0 Å². The Morgan fingerprint density at radius 1 is 1.57 bits per heavy atom. The van der Waals surface area contributed by atoms with Crippen molar-refractivity contribution in [2.45, 2.75) is 19.9 Å². The molecule has 1 heterocycles. The summed E-state index contributed by atoms with van der Waals surface area (Å²) in [7, 11) is 0. The molecule has 76 valence electrons. The normalized spacial score (nSPS) is 19.2. The minimum absolute atomic E-state index is 0.353. The molecule has 0 fully saturated rings. The highest BCUT2D eigenvalue weighted by molar-refractivity contribution is 9.10. The first kappa shape index (κ1) is 9.99. The van der Waals surface area contributed by atoms with E-state index in [9.17, 15) is 0 Å². The van der Waals surface area contributed by atoms with Crippen molar-refractivity contribution in [1.29, 1.82) is 0 Å². The second kappa shape index (κ2) is 3.91. The molecular formula is C11H14BrNO. The molecule has 0 spiro atoms. The quantitative estimate of drug-likeness (QED) is 0.878. The maximum Gasteiger partial charge on any atom is 0.138 e.